The molecule has 18 heavy (non-hydrogen) atoms. The molecule has 1 rings (SSSR count). The Morgan fingerprint density at radius 1 is 1.28 bits per heavy atom. The van der Waals surface area contributed by atoms with Crippen LogP contribution in [0.25, 0.3) is 0 Å². The lowest BCUT2D eigenvalue weighted by Crippen LogP contribution is -2.08. The SMILES string of the molecule is CCCN=C1CCCCCCC1=CC(C=O)=CO. The van der Waals surface area contributed by atoms with Crippen LogP contribution in [0.1, 0.15) is 51.9 Å². The van der Waals surface area contributed by atoms with E-state index in [9.17, 15) is 4.79 Å². The number of hydrogen-bond donors (Lipinski definition) is 1. The maximum Gasteiger partial charge on any atom is 0.153 e. The maximum atomic E-state index is 10.8. The van der Waals surface area contributed by atoms with E-state index in [0.29, 0.717) is 11.9 Å². The Hall–Kier alpha value is -1.38. The average molecular weight is 249 g/mol. The highest BCUT2D eigenvalue weighted by atomic mass is 16.2. The molecule has 1 saturated carbocycles. The van der Waals surface area contributed by atoms with E-state index >= 15 is 0 Å². The van der Waals surface area contributed by atoms with Gasteiger partial charge >= 0.3 is 0 Å². The highest BCUT2D eigenvalue weighted by Gasteiger charge is 2.11. The van der Waals surface area contributed by atoms with E-state index in [1.807, 2.05) is 0 Å². The zero-order valence-electron chi connectivity index (χ0n) is 11.2. The number of aliphatic hydroxyl groups is 1. The molecule has 0 saturated heterocycles. The van der Waals surface area contributed by atoms with E-state index in [2.05, 4.69) is 11.9 Å². The van der Waals surface area contributed by atoms with E-state index < -0.39 is 0 Å². The third-order valence-electron chi connectivity index (χ3n) is 3.13. The molecule has 0 spiro atoms. The Morgan fingerprint density at radius 2 is 2.00 bits per heavy atom. The van der Waals surface area contributed by atoms with Crippen LogP contribution in [-0.2, 0) is 4.79 Å². The molecule has 1 aliphatic rings. The summed E-state index contributed by atoms with van der Waals surface area (Å²) in [7, 11) is 0. The Morgan fingerprint density at radius 3 is 2.61 bits per heavy atom. The molecule has 0 amide bonds. The highest BCUT2D eigenvalue weighted by Crippen LogP contribution is 2.21. The molecule has 0 heterocycles. The smallest absolute Gasteiger partial charge is 0.153 e. The van der Waals surface area contributed by atoms with Crippen molar-refractivity contribution < 1.29 is 9.90 Å². The van der Waals surface area contributed by atoms with Crippen LogP contribution in [0.3, 0.4) is 0 Å². The first-order chi connectivity index (χ1) is 8.81. The fourth-order valence-electron chi connectivity index (χ4n) is 2.15. The second-order valence-electron chi connectivity index (χ2n) is 4.66. The van der Waals surface area contributed by atoms with Gasteiger partial charge in [0.05, 0.1) is 6.26 Å². The number of hydrogen-bond acceptors (Lipinski definition) is 3. The van der Waals surface area contributed by atoms with Crippen LogP contribution >= 0.6 is 0 Å². The minimum Gasteiger partial charge on any atom is -0.515 e. The lowest BCUT2D eigenvalue weighted by atomic mass is 9.93. The molecule has 0 aromatic heterocycles. The molecule has 0 atom stereocenters. The topological polar surface area (TPSA) is 49.7 Å². The van der Waals surface area contributed by atoms with Crippen LogP contribution < -0.4 is 0 Å². The molecule has 1 N–H and O–H groups in total. The van der Waals surface area contributed by atoms with E-state index in [-0.39, 0.29) is 0 Å². The lowest BCUT2D eigenvalue weighted by molar-refractivity contribution is -0.104. The zero-order chi connectivity index (χ0) is 13.2. The lowest BCUT2D eigenvalue weighted by Gasteiger charge is -2.15. The summed E-state index contributed by atoms with van der Waals surface area (Å²) in [5.41, 5.74) is 2.57. The first-order valence-corrected chi connectivity index (χ1v) is 6.85. The summed E-state index contributed by atoms with van der Waals surface area (Å²) in [5.74, 6) is 0. The first-order valence-electron chi connectivity index (χ1n) is 6.85. The third kappa shape index (κ3) is 4.86. The highest BCUT2D eigenvalue weighted by molar-refractivity contribution is 6.01. The fourth-order valence-corrected chi connectivity index (χ4v) is 2.15. The van der Waals surface area contributed by atoms with Crippen molar-refractivity contribution in [1.82, 2.24) is 0 Å². The van der Waals surface area contributed by atoms with Crippen molar-refractivity contribution in [3.8, 4) is 0 Å². The normalized spacial score (nSPS) is 22.8. The summed E-state index contributed by atoms with van der Waals surface area (Å²) in [5, 5.41) is 8.97. The predicted octanol–water partition coefficient (Wildman–Crippen LogP) is 3.76. The van der Waals surface area contributed by atoms with Crippen LogP contribution in [0.15, 0.2) is 28.5 Å². The van der Waals surface area contributed by atoms with Gasteiger partial charge in [0, 0.05) is 17.8 Å². The third-order valence-corrected chi connectivity index (χ3v) is 3.13. The number of nitrogens with zero attached hydrogens (tertiary/aromatic N) is 1. The van der Waals surface area contributed by atoms with Gasteiger partial charge in [-0.15, -0.1) is 0 Å². The largest absolute Gasteiger partial charge is 0.515 e. The zero-order valence-corrected chi connectivity index (χ0v) is 11.2. The quantitative estimate of drug-likeness (QED) is 0.468. The number of rotatable bonds is 4. The van der Waals surface area contributed by atoms with Gasteiger partial charge in [-0.05, 0) is 43.8 Å². The molecule has 0 bridgehead atoms. The van der Waals surface area contributed by atoms with Crippen molar-refractivity contribution >= 4 is 12.0 Å². The number of aldehydes is 1. The van der Waals surface area contributed by atoms with Crippen molar-refractivity contribution in [3.63, 3.8) is 0 Å². The molecule has 100 valence electrons. The van der Waals surface area contributed by atoms with E-state index in [1.54, 1.807) is 6.08 Å². The summed E-state index contributed by atoms with van der Waals surface area (Å²) in [6, 6.07) is 0. The van der Waals surface area contributed by atoms with Crippen molar-refractivity contribution in [2.45, 2.75) is 51.9 Å². The van der Waals surface area contributed by atoms with Gasteiger partial charge < -0.3 is 5.11 Å². The van der Waals surface area contributed by atoms with Gasteiger partial charge in [0.2, 0.25) is 0 Å². The van der Waals surface area contributed by atoms with Gasteiger partial charge in [-0.1, -0.05) is 19.8 Å². The van der Waals surface area contributed by atoms with Crippen molar-refractivity contribution in [2.75, 3.05) is 6.54 Å². The summed E-state index contributed by atoms with van der Waals surface area (Å²) in [4.78, 5) is 15.4. The van der Waals surface area contributed by atoms with Crippen LogP contribution in [0, 0.1) is 0 Å². The van der Waals surface area contributed by atoms with Gasteiger partial charge in [0.15, 0.2) is 6.29 Å². The van der Waals surface area contributed by atoms with E-state index in [4.69, 9.17) is 5.11 Å². The number of carbonyl (C=O) groups is 1. The van der Waals surface area contributed by atoms with E-state index in [0.717, 1.165) is 49.8 Å². The molecule has 0 aromatic rings. The number of carbonyl (C=O) groups excluding carboxylic acids is 1. The number of allylic oxidation sites excluding steroid dienone is 3. The Bertz CT molecular complexity index is 354. The standard InChI is InChI=1S/C15H23NO2/c1-2-9-16-15-8-6-4-3-5-7-14(15)10-13(11-17)12-18/h10-12,17H,2-9H2,1H3. The average Bonchev–Trinajstić information content (AvgIpc) is 2.37. The molecule has 1 aliphatic carbocycles. The van der Waals surface area contributed by atoms with Gasteiger partial charge in [0.1, 0.15) is 0 Å². The second kappa shape index (κ2) is 8.67. The summed E-state index contributed by atoms with van der Waals surface area (Å²) in [6.45, 7) is 2.95. The molecule has 3 heteroatoms. The van der Waals surface area contributed by atoms with Crippen LogP contribution in [-0.4, -0.2) is 23.6 Å². The minimum absolute atomic E-state index is 0.328. The van der Waals surface area contributed by atoms with Gasteiger partial charge in [-0.2, -0.15) is 0 Å². The Labute approximate surface area is 109 Å². The molecule has 1 fully saturated rings. The first kappa shape index (κ1) is 14.7. The van der Waals surface area contributed by atoms with Crippen LogP contribution in [0.2, 0.25) is 0 Å². The molecular weight excluding hydrogens is 226 g/mol. The second-order valence-corrected chi connectivity index (χ2v) is 4.66. The molecule has 0 radical (unpaired) electrons. The van der Waals surface area contributed by atoms with E-state index in [1.165, 1.54) is 19.3 Å². The monoisotopic (exact) mass is 249 g/mol. The van der Waals surface area contributed by atoms with Crippen LogP contribution in [0.5, 0.6) is 0 Å². The van der Waals surface area contributed by atoms with Gasteiger partial charge in [0.25, 0.3) is 0 Å². The number of aliphatic imine (C=N–C) groups is 1. The molecule has 0 unspecified atom stereocenters. The maximum absolute atomic E-state index is 10.8. The van der Waals surface area contributed by atoms with Crippen LogP contribution in [0.4, 0.5) is 0 Å². The summed E-state index contributed by atoms with van der Waals surface area (Å²) in [6.07, 6.45) is 11.1. The van der Waals surface area contributed by atoms with Crippen molar-refractivity contribution in [2.24, 2.45) is 4.99 Å². The predicted molar refractivity (Wildman–Crippen MR) is 75.2 cm³/mol. The number of aliphatic hydroxyl groups excluding tert-OH is 1. The summed E-state index contributed by atoms with van der Waals surface area (Å²) < 4.78 is 0. The van der Waals surface area contributed by atoms with Crippen molar-refractivity contribution in [1.29, 1.82) is 0 Å². The fraction of sp³-hybridized carbons (Fsp3) is 0.600. The molecule has 3 nitrogen and oxygen atoms in total. The molecular formula is C15H23NO2. The van der Waals surface area contributed by atoms with Gasteiger partial charge in [-0.25, -0.2) is 0 Å². The minimum atomic E-state index is 0.328. The van der Waals surface area contributed by atoms with Crippen molar-refractivity contribution in [3.05, 3.63) is 23.5 Å². The Kier molecular flexibility index (Phi) is 7.07. The molecule has 0 aliphatic heterocycles. The van der Waals surface area contributed by atoms with Gasteiger partial charge in [-0.3, -0.25) is 9.79 Å². The molecule has 0 aromatic carbocycles. The summed E-state index contributed by atoms with van der Waals surface area (Å²) >= 11 is 0. The Balaban J connectivity index is 2.93.